The first-order valence-electron chi connectivity index (χ1n) is 6.42. The molecule has 1 nitrogen and oxygen atoms in total. The maximum absolute atomic E-state index is 10.3. The molecule has 0 aliphatic heterocycles. The van der Waals surface area contributed by atoms with Crippen LogP contribution in [0.4, 0.5) is 0 Å². The van der Waals surface area contributed by atoms with E-state index in [4.69, 9.17) is 0 Å². The lowest BCUT2D eigenvalue weighted by Crippen LogP contribution is -2.06. The first-order valence-corrected chi connectivity index (χ1v) is 6.42. The van der Waals surface area contributed by atoms with Crippen LogP contribution in [0.25, 0.3) is 0 Å². The van der Waals surface area contributed by atoms with Crippen LogP contribution < -0.4 is 0 Å². The van der Waals surface area contributed by atoms with E-state index >= 15 is 0 Å². The van der Waals surface area contributed by atoms with Gasteiger partial charge in [-0.05, 0) is 37.3 Å². The molecule has 1 aromatic rings. The molecule has 88 valence electrons. The van der Waals surface area contributed by atoms with Crippen molar-refractivity contribution in [2.75, 3.05) is 0 Å². The van der Waals surface area contributed by atoms with Crippen LogP contribution in [0.15, 0.2) is 18.2 Å². The van der Waals surface area contributed by atoms with Gasteiger partial charge in [0.05, 0.1) is 6.10 Å². The lowest BCUT2D eigenvalue weighted by atomic mass is 9.93. The minimum atomic E-state index is -0.260. The minimum absolute atomic E-state index is 0.260. The summed E-state index contributed by atoms with van der Waals surface area (Å²) in [5.74, 6) is 0.746. The van der Waals surface area contributed by atoms with E-state index < -0.39 is 0 Å². The summed E-state index contributed by atoms with van der Waals surface area (Å²) in [5.41, 5.74) is 3.62. The van der Waals surface area contributed by atoms with Crippen molar-refractivity contribution in [1.29, 1.82) is 0 Å². The van der Waals surface area contributed by atoms with Crippen molar-refractivity contribution in [2.24, 2.45) is 5.92 Å². The molecule has 2 rings (SSSR count). The van der Waals surface area contributed by atoms with Gasteiger partial charge in [0.25, 0.3) is 0 Å². The number of aliphatic hydroxyl groups is 1. The summed E-state index contributed by atoms with van der Waals surface area (Å²) in [6.07, 6.45) is 6.01. The van der Waals surface area contributed by atoms with Crippen LogP contribution in [0.3, 0.4) is 0 Å². The highest BCUT2D eigenvalue weighted by atomic mass is 16.3. The average molecular weight is 218 g/mol. The second-order valence-electron chi connectivity index (χ2n) is 5.26. The molecule has 1 aliphatic carbocycles. The largest absolute Gasteiger partial charge is 0.388 e. The van der Waals surface area contributed by atoms with E-state index in [0.29, 0.717) is 0 Å². The van der Waals surface area contributed by atoms with Gasteiger partial charge in [0, 0.05) is 0 Å². The molecule has 1 heteroatoms. The quantitative estimate of drug-likeness (QED) is 0.815. The van der Waals surface area contributed by atoms with Crippen molar-refractivity contribution in [3.8, 4) is 0 Å². The topological polar surface area (TPSA) is 20.2 Å². The molecule has 16 heavy (non-hydrogen) atoms. The molecule has 1 fully saturated rings. The highest BCUT2D eigenvalue weighted by Crippen LogP contribution is 2.33. The van der Waals surface area contributed by atoms with E-state index in [0.717, 1.165) is 17.9 Å². The Kier molecular flexibility index (Phi) is 3.65. The van der Waals surface area contributed by atoms with E-state index in [2.05, 4.69) is 32.0 Å². The zero-order valence-corrected chi connectivity index (χ0v) is 10.4. The molecule has 0 spiro atoms. The van der Waals surface area contributed by atoms with Gasteiger partial charge in [0.1, 0.15) is 0 Å². The molecular weight excluding hydrogens is 196 g/mol. The van der Waals surface area contributed by atoms with Crippen LogP contribution in [-0.2, 0) is 0 Å². The first kappa shape index (κ1) is 11.7. The van der Waals surface area contributed by atoms with Crippen LogP contribution >= 0.6 is 0 Å². The van der Waals surface area contributed by atoms with Crippen LogP contribution in [0.2, 0.25) is 0 Å². The predicted octanol–water partition coefficient (Wildman–Crippen LogP) is 3.92. The van der Waals surface area contributed by atoms with Gasteiger partial charge in [-0.2, -0.15) is 0 Å². The molecule has 0 saturated heterocycles. The summed E-state index contributed by atoms with van der Waals surface area (Å²) >= 11 is 0. The summed E-state index contributed by atoms with van der Waals surface area (Å²) in [5, 5.41) is 10.3. The Labute approximate surface area is 98.5 Å². The SMILES string of the molecule is Cc1ccc(C(O)CC2CCCC2)c(C)c1. The molecule has 1 aromatic carbocycles. The van der Waals surface area contributed by atoms with Gasteiger partial charge in [-0.25, -0.2) is 0 Å². The van der Waals surface area contributed by atoms with Gasteiger partial charge < -0.3 is 5.11 Å². The zero-order valence-electron chi connectivity index (χ0n) is 10.4. The number of aryl methyl sites for hydroxylation is 2. The molecule has 0 bridgehead atoms. The Morgan fingerprint density at radius 2 is 1.94 bits per heavy atom. The lowest BCUT2D eigenvalue weighted by Gasteiger charge is -2.17. The van der Waals surface area contributed by atoms with Gasteiger partial charge in [-0.1, -0.05) is 49.4 Å². The van der Waals surface area contributed by atoms with Crippen molar-refractivity contribution in [2.45, 2.75) is 52.1 Å². The van der Waals surface area contributed by atoms with Crippen LogP contribution in [0.1, 0.15) is 54.9 Å². The fraction of sp³-hybridized carbons (Fsp3) is 0.600. The molecular formula is C15H22O. The Bertz CT molecular complexity index is 350. The van der Waals surface area contributed by atoms with Crippen molar-refractivity contribution in [3.05, 3.63) is 34.9 Å². The Balaban J connectivity index is 2.04. The third-order valence-corrected chi connectivity index (χ3v) is 3.82. The maximum Gasteiger partial charge on any atom is 0.0795 e. The fourth-order valence-corrected chi connectivity index (χ4v) is 2.89. The third-order valence-electron chi connectivity index (χ3n) is 3.82. The summed E-state index contributed by atoms with van der Waals surface area (Å²) in [6, 6.07) is 6.34. The summed E-state index contributed by atoms with van der Waals surface area (Å²) in [7, 11) is 0. The number of hydrogen-bond acceptors (Lipinski definition) is 1. The molecule has 1 N–H and O–H groups in total. The van der Waals surface area contributed by atoms with E-state index in [9.17, 15) is 5.11 Å². The monoisotopic (exact) mass is 218 g/mol. The molecule has 0 aromatic heterocycles. The second kappa shape index (κ2) is 5.01. The second-order valence-corrected chi connectivity index (χ2v) is 5.26. The van der Waals surface area contributed by atoms with Crippen LogP contribution in [0, 0.1) is 19.8 Å². The van der Waals surface area contributed by atoms with Crippen molar-refractivity contribution in [1.82, 2.24) is 0 Å². The van der Waals surface area contributed by atoms with Gasteiger partial charge >= 0.3 is 0 Å². The molecule has 1 unspecified atom stereocenters. The molecule has 1 aliphatic rings. The normalized spacial score (nSPS) is 18.9. The lowest BCUT2D eigenvalue weighted by molar-refractivity contribution is 0.144. The van der Waals surface area contributed by atoms with Crippen molar-refractivity contribution < 1.29 is 5.11 Å². The maximum atomic E-state index is 10.3. The van der Waals surface area contributed by atoms with Gasteiger partial charge in [-0.15, -0.1) is 0 Å². The number of benzene rings is 1. The Hall–Kier alpha value is -0.820. The summed E-state index contributed by atoms with van der Waals surface area (Å²) < 4.78 is 0. The zero-order chi connectivity index (χ0) is 11.5. The molecule has 1 atom stereocenters. The first-order chi connectivity index (χ1) is 7.66. The highest BCUT2D eigenvalue weighted by Gasteiger charge is 2.20. The summed E-state index contributed by atoms with van der Waals surface area (Å²) in [6.45, 7) is 4.19. The Morgan fingerprint density at radius 1 is 1.25 bits per heavy atom. The molecule has 0 heterocycles. The van der Waals surface area contributed by atoms with E-state index in [1.165, 1.54) is 36.8 Å². The van der Waals surface area contributed by atoms with E-state index in [-0.39, 0.29) is 6.10 Å². The smallest absolute Gasteiger partial charge is 0.0795 e. The van der Waals surface area contributed by atoms with Crippen LogP contribution in [0.5, 0.6) is 0 Å². The standard InChI is InChI=1S/C15H22O/c1-11-7-8-14(12(2)9-11)15(16)10-13-5-3-4-6-13/h7-9,13,15-16H,3-6,10H2,1-2H3. The van der Waals surface area contributed by atoms with Crippen LogP contribution in [-0.4, -0.2) is 5.11 Å². The number of aliphatic hydroxyl groups excluding tert-OH is 1. The third kappa shape index (κ3) is 2.65. The van der Waals surface area contributed by atoms with Crippen molar-refractivity contribution in [3.63, 3.8) is 0 Å². The van der Waals surface area contributed by atoms with Gasteiger partial charge in [-0.3, -0.25) is 0 Å². The minimum Gasteiger partial charge on any atom is -0.388 e. The fourth-order valence-electron chi connectivity index (χ4n) is 2.89. The summed E-state index contributed by atoms with van der Waals surface area (Å²) in [4.78, 5) is 0. The highest BCUT2D eigenvalue weighted by molar-refractivity contribution is 5.31. The number of hydrogen-bond donors (Lipinski definition) is 1. The Morgan fingerprint density at radius 3 is 2.56 bits per heavy atom. The predicted molar refractivity (Wildman–Crippen MR) is 67.5 cm³/mol. The van der Waals surface area contributed by atoms with Crippen molar-refractivity contribution >= 4 is 0 Å². The number of rotatable bonds is 3. The van der Waals surface area contributed by atoms with E-state index in [1.807, 2.05) is 0 Å². The molecule has 0 amide bonds. The molecule has 1 saturated carbocycles. The van der Waals surface area contributed by atoms with Gasteiger partial charge in [0.2, 0.25) is 0 Å². The molecule has 0 radical (unpaired) electrons. The average Bonchev–Trinajstić information content (AvgIpc) is 2.70. The van der Waals surface area contributed by atoms with E-state index in [1.54, 1.807) is 0 Å². The van der Waals surface area contributed by atoms with Gasteiger partial charge in [0.15, 0.2) is 0 Å².